The van der Waals surface area contributed by atoms with E-state index in [1.807, 2.05) is 11.0 Å². The van der Waals surface area contributed by atoms with Crippen molar-refractivity contribution in [3.8, 4) is 0 Å². The number of fused-ring (bicyclic) bond motifs is 2. The van der Waals surface area contributed by atoms with Crippen molar-refractivity contribution in [3.05, 3.63) is 34.9 Å². The smallest absolute Gasteiger partial charge is 0.223 e. The van der Waals surface area contributed by atoms with E-state index < -0.39 is 0 Å². The van der Waals surface area contributed by atoms with Crippen LogP contribution in [-0.2, 0) is 17.6 Å². The van der Waals surface area contributed by atoms with E-state index in [0.717, 1.165) is 69.3 Å². The van der Waals surface area contributed by atoms with Gasteiger partial charge in [0.05, 0.1) is 0 Å². The number of carbonyl (C=O) groups excluding carboxylic acids is 2. The number of ketones is 1. The fraction of sp³-hybridized carbons (Fsp3) is 0.619. The number of likely N-dealkylation sites (tertiary alicyclic amines) is 1. The molecule has 2 atom stereocenters. The molecule has 0 unspecified atom stereocenters. The Morgan fingerprint density at radius 3 is 2.48 bits per heavy atom. The largest absolute Gasteiger partial charge is 0.343 e. The van der Waals surface area contributed by atoms with Crippen LogP contribution in [0.4, 0.5) is 0 Å². The van der Waals surface area contributed by atoms with E-state index in [-0.39, 0.29) is 11.7 Å². The molecule has 0 bridgehead atoms. The second-order valence-electron chi connectivity index (χ2n) is 7.90. The monoisotopic (exact) mass is 340 g/mol. The van der Waals surface area contributed by atoms with Gasteiger partial charge in [-0.2, -0.15) is 0 Å². The SMILES string of the molecule is O=C(CCC(=O)N1CC[C@@H]2CNC[C@@H]2CC1)c1ccc2c(c1)CCC2. The van der Waals surface area contributed by atoms with Gasteiger partial charge < -0.3 is 10.2 Å². The molecule has 134 valence electrons. The Bertz CT molecular complexity index is 656. The Balaban J connectivity index is 1.30. The molecule has 0 saturated carbocycles. The van der Waals surface area contributed by atoms with Gasteiger partial charge >= 0.3 is 0 Å². The first kappa shape index (κ1) is 16.8. The Labute approximate surface area is 150 Å². The van der Waals surface area contributed by atoms with Crippen LogP contribution >= 0.6 is 0 Å². The summed E-state index contributed by atoms with van der Waals surface area (Å²) in [5.41, 5.74) is 3.49. The zero-order chi connectivity index (χ0) is 17.2. The molecule has 1 amide bonds. The molecule has 1 aromatic carbocycles. The first-order valence-electron chi connectivity index (χ1n) is 9.84. The third kappa shape index (κ3) is 3.64. The van der Waals surface area contributed by atoms with Crippen molar-refractivity contribution >= 4 is 11.7 Å². The Morgan fingerprint density at radius 1 is 1.00 bits per heavy atom. The van der Waals surface area contributed by atoms with Gasteiger partial charge in [-0.1, -0.05) is 12.1 Å². The number of hydrogen-bond acceptors (Lipinski definition) is 3. The molecule has 0 spiro atoms. The minimum Gasteiger partial charge on any atom is -0.343 e. The summed E-state index contributed by atoms with van der Waals surface area (Å²) >= 11 is 0. The van der Waals surface area contributed by atoms with E-state index in [0.29, 0.717) is 12.8 Å². The number of Topliss-reactive ketones (excluding diaryl/α,β-unsaturated/α-hetero) is 1. The predicted octanol–water partition coefficient (Wildman–Crippen LogP) is 2.60. The fourth-order valence-corrected chi connectivity index (χ4v) is 4.74. The van der Waals surface area contributed by atoms with Crippen LogP contribution in [0.3, 0.4) is 0 Å². The molecular weight excluding hydrogens is 312 g/mol. The van der Waals surface area contributed by atoms with Crippen molar-refractivity contribution in [1.29, 1.82) is 0 Å². The third-order valence-electron chi connectivity index (χ3n) is 6.36. The lowest BCUT2D eigenvalue weighted by Crippen LogP contribution is -2.32. The molecule has 0 radical (unpaired) electrons. The molecular formula is C21H28N2O2. The molecule has 1 N–H and O–H groups in total. The fourth-order valence-electron chi connectivity index (χ4n) is 4.74. The second kappa shape index (κ2) is 7.28. The Morgan fingerprint density at radius 2 is 1.72 bits per heavy atom. The van der Waals surface area contributed by atoms with Crippen molar-refractivity contribution in [2.45, 2.75) is 44.9 Å². The molecule has 1 aromatic rings. The average molecular weight is 340 g/mol. The van der Waals surface area contributed by atoms with Crippen LogP contribution in [0, 0.1) is 11.8 Å². The Kier molecular flexibility index (Phi) is 4.89. The maximum Gasteiger partial charge on any atom is 0.223 e. The van der Waals surface area contributed by atoms with E-state index in [9.17, 15) is 9.59 Å². The van der Waals surface area contributed by atoms with Crippen molar-refractivity contribution in [2.24, 2.45) is 11.8 Å². The van der Waals surface area contributed by atoms with Crippen LogP contribution in [0.1, 0.15) is 53.6 Å². The highest BCUT2D eigenvalue weighted by atomic mass is 16.2. The zero-order valence-electron chi connectivity index (χ0n) is 14.9. The van der Waals surface area contributed by atoms with Gasteiger partial charge in [0, 0.05) is 31.5 Å². The summed E-state index contributed by atoms with van der Waals surface area (Å²) < 4.78 is 0. The number of aryl methyl sites for hydroxylation is 2. The number of benzene rings is 1. The Hall–Kier alpha value is -1.68. The topological polar surface area (TPSA) is 49.4 Å². The number of nitrogens with one attached hydrogen (secondary N) is 1. The van der Waals surface area contributed by atoms with Crippen molar-refractivity contribution in [3.63, 3.8) is 0 Å². The summed E-state index contributed by atoms with van der Waals surface area (Å²) in [4.78, 5) is 27.0. The lowest BCUT2D eigenvalue weighted by atomic mass is 9.92. The van der Waals surface area contributed by atoms with Gasteiger partial charge in [-0.15, -0.1) is 0 Å². The number of nitrogens with zero attached hydrogens (tertiary/aromatic N) is 1. The van der Waals surface area contributed by atoms with E-state index in [1.165, 1.54) is 17.5 Å². The molecule has 2 heterocycles. The maximum absolute atomic E-state index is 12.6. The van der Waals surface area contributed by atoms with Crippen LogP contribution in [0.15, 0.2) is 18.2 Å². The van der Waals surface area contributed by atoms with E-state index >= 15 is 0 Å². The molecule has 25 heavy (non-hydrogen) atoms. The van der Waals surface area contributed by atoms with Crippen LogP contribution < -0.4 is 5.32 Å². The second-order valence-corrected chi connectivity index (χ2v) is 7.90. The van der Waals surface area contributed by atoms with E-state index in [4.69, 9.17) is 0 Å². The lowest BCUT2D eigenvalue weighted by Gasteiger charge is -2.20. The summed E-state index contributed by atoms with van der Waals surface area (Å²) in [6, 6.07) is 6.09. The number of rotatable bonds is 4. The average Bonchev–Trinajstić information content (AvgIpc) is 3.24. The van der Waals surface area contributed by atoms with E-state index in [2.05, 4.69) is 17.4 Å². The minimum absolute atomic E-state index is 0.110. The highest BCUT2D eigenvalue weighted by molar-refractivity contribution is 5.98. The molecule has 4 nitrogen and oxygen atoms in total. The summed E-state index contributed by atoms with van der Waals surface area (Å²) in [5, 5.41) is 3.46. The first-order valence-corrected chi connectivity index (χ1v) is 9.84. The summed E-state index contributed by atoms with van der Waals surface area (Å²) in [6.07, 6.45) is 6.30. The molecule has 2 saturated heterocycles. The van der Waals surface area contributed by atoms with Gasteiger partial charge in [-0.3, -0.25) is 9.59 Å². The van der Waals surface area contributed by atoms with Crippen molar-refractivity contribution in [2.75, 3.05) is 26.2 Å². The van der Waals surface area contributed by atoms with Gasteiger partial charge in [0.25, 0.3) is 0 Å². The number of carbonyl (C=O) groups is 2. The molecule has 4 heteroatoms. The van der Waals surface area contributed by atoms with Gasteiger partial charge in [0.15, 0.2) is 5.78 Å². The standard InChI is InChI=1S/C21H28N2O2/c24-20(17-5-4-15-2-1-3-16(15)12-17)6-7-21(25)23-10-8-18-13-22-14-19(18)9-11-23/h4-5,12,18-19,22H,1-3,6-11,13-14H2/t18-,19+. The third-order valence-corrected chi connectivity index (χ3v) is 6.36. The normalized spacial score (nSPS) is 25.4. The zero-order valence-corrected chi connectivity index (χ0v) is 14.9. The quantitative estimate of drug-likeness (QED) is 0.857. The van der Waals surface area contributed by atoms with Gasteiger partial charge in [0.2, 0.25) is 5.91 Å². The lowest BCUT2D eigenvalue weighted by molar-refractivity contribution is -0.131. The number of amides is 1. The molecule has 3 aliphatic rings. The predicted molar refractivity (Wildman–Crippen MR) is 97.7 cm³/mol. The highest BCUT2D eigenvalue weighted by Gasteiger charge is 2.31. The number of hydrogen-bond donors (Lipinski definition) is 1. The van der Waals surface area contributed by atoms with Crippen molar-refractivity contribution in [1.82, 2.24) is 10.2 Å². The van der Waals surface area contributed by atoms with Gasteiger partial charge in [0.1, 0.15) is 0 Å². The summed E-state index contributed by atoms with van der Waals surface area (Å²) in [7, 11) is 0. The highest BCUT2D eigenvalue weighted by Crippen LogP contribution is 2.27. The van der Waals surface area contributed by atoms with Crippen molar-refractivity contribution < 1.29 is 9.59 Å². The van der Waals surface area contributed by atoms with Crippen LogP contribution in [0.2, 0.25) is 0 Å². The van der Waals surface area contributed by atoms with Crippen LogP contribution in [-0.4, -0.2) is 42.8 Å². The summed E-state index contributed by atoms with van der Waals surface area (Å²) in [6.45, 7) is 3.91. The van der Waals surface area contributed by atoms with Gasteiger partial charge in [-0.05, 0) is 74.2 Å². The van der Waals surface area contributed by atoms with Crippen LogP contribution in [0.5, 0.6) is 0 Å². The maximum atomic E-state index is 12.6. The van der Waals surface area contributed by atoms with Crippen LogP contribution in [0.25, 0.3) is 0 Å². The molecule has 1 aliphatic carbocycles. The first-order chi connectivity index (χ1) is 12.2. The molecule has 0 aromatic heterocycles. The molecule has 2 fully saturated rings. The van der Waals surface area contributed by atoms with Gasteiger partial charge in [-0.25, -0.2) is 0 Å². The molecule has 4 rings (SSSR count). The minimum atomic E-state index is 0.110. The van der Waals surface area contributed by atoms with E-state index in [1.54, 1.807) is 0 Å². The summed E-state index contributed by atoms with van der Waals surface area (Å²) in [5.74, 6) is 1.72. The molecule has 2 aliphatic heterocycles.